The van der Waals surface area contributed by atoms with E-state index < -0.39 is 0 Å². The summed E-state index contributed by atoms with van der Waals surface area (Å²) in [5.41, 5.74) is 5.87. The molecule has 212 valence electrons. The van der Waals surface area contributed by atoms with Gasteiger partial charge in [-0.15, -0.1) is 0 Å². The van der Waals surface area contributed by atoms with E-state index in [1.807, 2.05) is 24.3 Å². The highest BCUT2D eigenvalue weighted by Gasteiger charge is 2.28. The van der Waals surface area contributed by atoms with Crippen LogP contribution in [0.4, 0.5) is 10.1 Å². The Morgan fingerprint density at radius 3 is 2.46 bits per heavy atom. The molecule has 5 heteroatoms. The number of nitrogens with zero attached hydrogens (tertiary/aromatic N) is 1. The highest BCUT2D eigenvalue weighted by atomic mass is 19.1. The number of fused-ring (bicyclic) bond motifs is 1. The summed E-state index contributed by atoms with van der Waals surface area (Å²) < 4.78 is 26.5. The van der Waals surface area contributed by atoms with Crippen molar-refractivity contribution in [3.05, 3.63) is 125 Å². The van der Waals surface area contributed by atoms with Gasteiger partial charge in [0.05, 0.1) is 12.6 Å². The third-order valence-corrected chi connectivity index (χ3v) is 8.36. The second kappa shape index (κ2) is 13.2. The number of anilines is 1. The maximum Gasteiger partial charge on any atom is 0.125 e. The van der Waals surface area contributed by atoms with Crippen molar-refractivity contribution in [2.45, 2.75) is 57.2 Å². The van der Waals surface area contributed by atoms with E-state index in [-0.39, 0.29) is 11.9 Å². The largest absolute Gasteiger partial charge is 0.494 e. The lowest BCUT2D eigenvalue weighted by Gasteiger charge is -2.39. The zero-order valence-electron chi connectivity index (χ0n) is 23.6. The number of hydrogen-bond acceptors (Lipinski definition) is 4. The molecule has 2 aliphatic heterocycles. The summed E-state index contributed by atoms with van der Waals surface area (Å²) in [7, 11) is 0. The first-order chi connectivity index (χ1) is 20.2. The number of rotatable bonds is 10. The van der Waals surface area contributed by atoms with Gasteiger partial charge in [-0.05, 0) is 103 Å². The summed E-state index contributed by atoms with van der Waals surface area (Å²) >= 11 is 0. The Kier molecular flexibility index (Phi) is 8.82. The van der Waals surface area contributed by atoms with Crippen molar-refractivity contribution < 1.29 is 13.9 Å². The van der Waals surface area contributed by atoms with Crippen molar-refractivity contribution >= 4 is 5.69 Å². The average molecular weight is 551 g/mol. The Bertz CT molecular complexity index is 1400. The molecule has 4 aromatic carbocycles. The molecule has 1 N–H and O–H groups in total. The minimum absolute atomic E-state index is 0.0906. The van der Waals surface area contributed by atoms with Crippen LogP contribution in [-0.2, 0) is 19.4 Å². The van der Waals surface area contributed by atoms with E-state index in [1.54, 1.807) is 12.1 Å². The maximum atomic E-state index is 14.3. The molecule has 41 heavy (non-hydrogen) atoms. The molecule has 4 aromatic rings. The van der Waals surface area contributed by atoms with Gasteiger partial charge in [0.15, 0.2) is 0 Å². The molecular weight excluding hydrogens is 511 g/mol. The minimum atomic E-state index is -0.207. The topological polar surface area (TPSA) is 33.7 Å². The van der Waals surface area contributed by atoms with Crippen LogP contribution >= 0.6 is 0 Å². The molecule has 2 unspecified atom stereocenters. The first kappa shape index (κ1) is 27.3. The maximum absolute atomic E-state index is 14.3. The van der Waals surface area contributed by atoms with Crippen molar-refractivity contribution in [3.8, 4) is 11.5 Å². The van der Waals surface area contributed by atoms with Crippen LogP contribution in [0.2, 0.25) is 0 Å². The number of halogens is 1. The molecule has 2 atom stereocenters. The molecule has 0 spiro atoms. The molecule has 0 amide bonds. The van der Waals surface area contributed by atoms with Gasteiger partial charge in [0.2, 0.25) is 0 Å². The molecule has 4 nitrogen and oxygen atoms in total. The van der Waals surface area contributed by atoms with Gasteiger partial charge in [0.25, 0.3) is 0 Å². The van der Waals surface area contributed by atoms with Crippen LogP contribution in [0.5, 0.6) is 11.5 Å². The summed E-state index contributed by atoms with van der Waals surface area (Å²) in [5, 5.41) is 3.59. The van der Waals surface area contributed by atoms with Gasteiger partial charge < -0.3 is 19.7 Å². The van der Waals surface area contributed by atoms with Crippen molar-refractivity contribution in [3.63, 3.8) is 0 Å². The van der Waals surface area contributed by atoms with E-state index in [0.717, 1.165) is 61.7 Å². The molecule has 0 aliphatic carbocycles. The third-order valence-electron chi connectivity index (χ3n) is 8.36. The van der Waals surface area contributed by atoms with E-state index in [4.69, 9.17) is 9.47 Å². The summed E-state index contributed by atoms with van der Waals surface area (Å²) in [4.78, 5) is 2.34. The third kappa shape index (κ3) is 7.09. The van der Waals surface area contributed by atoms with Crippen LogP contribution in [0.15, 0.2) is 97.1 Å². The fourth-order valence-electron chi connectivity index (χ4n) is 6.14. The predicted octanol–water partition coefficient (Wildman–Crippen LogP) is 7.66. The Morgan fingerprint density at radius 2 is 1.66 bits per heavy atom. The quantitative estimate of drug-likeness (QED) is 0.220. The summed E-state index contributed by atoms with van der Waals surface area (Å²) in [6.45, 7) is 3.22. The van der Waals surface area contributed by atoms with E-state index >= 15 is 0 Å². The van der Waals surface area contributed by atoms with Crippen molar-refractivity contribution in [1.82, 2.24) is 5.32 Å². The zero-order valence-corrected chi connectivity index (χ0v) is 23.6. The van der Waals surface area contributed by atoms with Gasteiger partial charge in [-0.2, -0.15) is 0 Å². The fraction of sp³-hybridized carbons (Fsp3) is 0.333. The van der Waals surface area contributed by atoms with Gasteiger partial charge in [0.1, 0.15) is 23.9 Å². The Balaban J connectivity index is 1.17. The zero-order chi connectivity index (χ0) is 27.9. The van der Waals surface area contributed by atoms with Crippen molar-refractivity contribution in [2.24, 2.45) is 0 Å². The number of piperidine rings is 1. The molecule has 0 aromatic heterocycles. The summed E-state index contributed by atoms with van der Waals surface area (Å²) in [5.74, 6) is 1.59. The van der Waals surface area contributed by atoms with E-state index in [2.05, 4.69) is 64.8 Å². The lowest BCUT2D eigenvalue weighted by atomic mass is 9.88. The van der Waals surface area contributed by atoms with Gasteiger partial charge in [-0.1, -0.05) is 61.0 Å². The summed E-state index contributed by atoms with van der Waals surface area (Å²) in [6, 6.07) is 32.8. The van der Waals surface area contributed by atoms with E-state index in [9.17, 15) is 4.39 Å². The molecule has 0 bridgehead atoms. The second-order valence-corrected chi connectivity index (χ2v) is 11.2. The number of nitrogens with one attached hydrogen (secondary N) is 1. The van der Waals surface area contributed by atoms with Crippen molar-refractivity contribution in [2.75, 3.05) is 24.6 Å². The first-order valence-electron chi connectivity index (χ1n) is 15.0. The normalized spacial score (nSPS) is 18.5. The Hall–Kier alpha value is -3.83. The summed E-state index contributed by atoms with van der Waals surface area (Å²) in [6.07, 6.45) is 6.58. The molecule has 1 fully saturated rings. The molecular formula is C36H39FN2O2. The number of ether oxygens (including phenoxy) is 2. The highest BCUT2D eigenvalue weighted by molar-refractivity contribution is 5.54. The predicted molar refractivity (Wildman–Crippen MR) is 163 cm³/mol. The lowest BCUT2D eigenvalue weighted by molar-refractivity contribution is 0.268. The molecule has 0 saturated carbocycles. The Labute approximate surface area is 243 Å². The molecule has 2 aliphatic rings. The molecule has 2 heterocycles. The van der Waals surface area contributed by atoms with Gasteiger partial charge >= 0.3 is 0 Å². The van der Waals surface area contributed by atoms with E-state index in [1.165, 1.54) is 42.0 Å². The second-order valence-electron chi connectivity index (χ2n) is 11.2. The van der Waals surface area contributed by atoms with Crippen LogP contribution in [0.25, 0.3) is 0 Å². The SMILES string of the molecule is Fc1cccc(N2CCc3cc(OCc4ccccc4)ccc3C2Cc2ccc(OCCC3CCCCN3)cc2)c1. The van der Waals surface area contributed by atoms with Crippen LogP contribution in [0.1, 0.15) is 54.0 Å². The average Bonchev–Trinajstić information content (AvgIpc) is 3.02. The smallest absolute Gasteiger partial charge is 0.125 e. The highest BCUT2D eigenvalue weighted by Crippen LogP contribution is 2.38. The monoisotopic (exact) mass is 550 g/mol. The fourth-order valence-corrected chi connectivity index (χ4v) is 6.14. The van der Waals surface area contributed by atoms with Crippen LogP contribution in [0, 0.1) is 5.82 Å². The van der Waals surface area contributed by atoms with Gasteiger partial charge in [0, 0.05) is 18.3 Å². The van der Waals surface area contributed by atoms with Crippen LogP contribution < -0.4 is 19.7 Å². The standard InChI is InChI=1S/C36H39FN2O2/c37-30-9-6-11-32(25-30)39-21-18-29-24-34(41-26-28-7-2-1-3-8-28)16-17-35(29)36(39)23-27-12-14-33(15-13-27)40-22-19-31-10-4-5-20-38-31/h1-3,6-9,11-17,24-25,31,36,38H,4-5,10,18-23,26H2. The van der Waals surface area contributed by atoms with Crippen LogP contribution in [0.3, 0.4) is 0 Å². The number of hydrogen-bond donors (Lipinski definition) is 1. The van der Waals surface area contributed by atoms with Gasteiger partial charge in [-0.3, -0.25) is 0 Å². The van der Waals surface area contributed by atoms with Crippen LogP contribution in [-0.4, -0.2) is 25.7 Å². The molecule has 0 radical (unpaired) electrons. The lowest BCUT2D eigenvalue weighted by Crippen LogP contribution is -2.36. The van der Waals surface area contributed by atoms with E-state index in [0.29, 0.717) is 12.6 Å². The first-order valence-corrected chi connectivity index (χ1v) is 15.0. The Morgan fingerprint density at radius 1 is 0.805 bits per heavy atom. The number of benzene rings is 4. The van der Waals surface area contributed by atoms with Gasteiger partial charge in [-0.25, -0.2) is 4.39 Å². The minimum Gasteiger partial charge on any atom is -0.494 e. The van der Waals surface area contributed by atoms with Crippen molar-refractivity contribution in [1.29, 1.82) is 0 Å². The molecule has 6 rings (SSSR count). The molecule has 1 saturated heterocycles.